The molecule has 0 aliphatic carbocycles. The fraction of sp³-hybridized carbons (Fsp3) is 0.529. The second kappa shape index (κ2) is 4.67. The molecule has 0 amide bonds. The monoisotopic (exact) mass is 283 g/mol. The molecule has 0 N–H and O–H groups in total. The van der Waals surface area contributed by atoms with E-state index in [4.69, 9.17) is 9.51 Å². The van der Waals surface area contributed by atoms with Crippen LogP contribution >= 0.6 is 0 Å². The maximum atomic E-state index is 5.25. The van der Waals surface area contributed by atoms with Crippen molar-refractivity contribution in [2.75, 3.05) is 19.6 Å². The predicted molar refractivity (Wildman–Crippen MR) is 81.2 cm³/mol. The van der Waals surface area contributed by atoms with Crippen LogP contribution < -0.4 is 0 Å². The second-order valence-electron chi connectivity index (χ2n) is 6.54. The SMILES string of the molecule is Cc1noc(C)c1-c1ccc(C23CCCN(CC2)C3)cn1. The van der Waals surface area contributed by atoms with Crippen LogP contribution in [0.4, 0.5) is 0 Å². The largest absolute Gasteiger partial charge is 0.361 e. The van der Waals surface area contributed by atoms with E-state index in [0.29, 0.717) is 5.41 Å². The van der Waals surface area contributed by atoms with Crippen molar-refractivity contribution in [1.82, 2.24) is 15.0 Å². The lowest BCUT2D eigenvalue weighted by atomic mass is 9.75. The van der Waals surface area contributed by atoms with Crippen LogP contribution in [0.1, 0.15) is 36.3 Å². The molecular weight excluding hydrogens is 262 g/mol. The second-order valence-corrected chi connectivity index (χ2v) is 6.54. The molecule has 0 aromatic carbocycles. The average Bonchev–Trinajstić information content (AvgIpc) is 3.00. The van der Waals surface area contributed by atoms with Crippen molar-refractivity contribution in [2.45, 2.75) is 38.5 Å². The van der Waals surface area contributed by atoms with Crippen molar-refractivity contribution in [3.63, 3.8) is 0 Å². The van der Waals surface area contributed by atoms with Crippen molar-refractivity contribution in [3.05, 3.63) is 35.3 Å². The molecule has 4 heteroatoms. The van der Waals surface area contributed by atoms with Crippen LogP contribution in [0.5, 0.6) is 0 Å². The molecule has 2 unspecified atom stereocenters. The first-order valence-corrected chi connectivity index (χ1v) is 7.80. The lowest BCUT2D eigenvalue weighted by molar-refractivity contribution is 0.243. The van der Waals surface area contributed by atoms with Crippen LogP contribution in [0, 0.1) is 13.8 Å². The Morgan fingerprint density at radius 1 is 1.19 bits per heavy atom. The van der Waals surface area contributed by atoms with Gasteiger partial charge in [0.2, 0.25) is 0 Å². The first-order chi connectivity index (χ1) is 10.2. The predicted octanol–water partition coefficient (Wildman–Crippen LogP) is 3.09. The Morgan fingerprint density at radius 2 is 2.10 bits per heavy atom. The molecule has 2 fully saturated rings. The van der Waals surface area contributed by atoms with Gasteiger partial charge >= 0.3 is 0 Å². The maximum absolute atomic E-state index is 5.25. The van der Waals surface area contributed by atoms with Crippen molar-refractivity contribution in [2.24, 2.45) is 0 Å². The molecule has 0 saturated carbocycles. The summed E-state index contributed by atoms with van der Waals surface area (Å²) in [7, 11) is 0. The number of hydrogen-bond acceptors (Lipinski definition) is 4. The van der Waals surface area contributed by atoms with E-state index in [0.717, 1.165) is 22.7 Å². The van der Waals surface area contributed by atoms with Crippen LogP contribution in [-0.4, -0.2) is 34.7 Å². The summed E-state index contributed by atoms with van der Waals surface area (Å²) in [6.45, 7) is 7.63. The summed E-state index contributed by atoms with van der Waals surface area (Å²) in [4.78, 5) is 7.30. The van der Waals surface area contributed by atoms with Gasteiger partial charge in [-0.3, -0.25) is 4.98 Å². The van der Waals surface area contributed by atoms with Crippen LogP contribution in [-0.2, 0) is 5.41 Å². The van der Waals surface area contributed by atoms with E-state index < -0.39 is 0 Å². The zero-order valence-corrected chi connectivity index (χ0v) is 12.7. The third kappa shape index (κ3) is 2.01. The van der Waals surface area contributed by atoms with Crippen LogP contribution in [0.25, 0.3) is 11.3 Å². The summed E-state index contributed by atoms with van der Waals surface area (Å²) >= 11 is 0. The summed E-state index contributed by atoms with van der Waals surface area (Å²) in [5.41, 5.74) is 4.67. The number of rotatable bonds is 2. The average molecular weight is 283 g/mol. The van der Waals surface area contributed by atoms with E-state index in [1.165, 1.54) is 44.5 Å². The molecule has 110 valence electrons. The number of pyridine rings is 1. The number of piperidine rings is 1. The van der Waals surface area contributed by atoms with Gasteiger partial charge in [-0.2, -0.15) is 0 Å². The van der Waals surface area contributed by atoms with Crippen LogP contribution in [0.3, 0.4) is 0 Å². The number of aromatic nitrogens is 2. The van der Waals surface area contributed by atoms with Gasteiger partial charge < -0.3 is 9.42 Å². The number of hydrogen-bond donors (Lipinski definition) is 0. The normalized spacial score (nSPS) is 28.0. The van der Waals surface area contributed by atoms with E-state index >= 15 is 0 Å². The van der Waals surface area contributed by atoms with E-state index in [1.807, 2.05) is 13.8 Å². The van der Waals surface area contributed by atoms with Gasteiger partial charge in [-0.25, -0.2) is 0 Å². The Kier molecular flexibility index (Phi) is 2.89. The van der Waals surface area contributed by atoms with Gasteiger partial charge in [-0.05, 0) is 57.8 Å². The number of aryl methyl sites for hydroxylation is 2. The Bertz CT molecular complexity index is 638. The molecule has 2 aliphatic heterocycles. The molecule has 4 rings (SSSR count). The van der Waals surface area contributed by atoms with Crippen molar-refractivity contribution in [1.29, 1.82) is 0 Å². The van der Waals surface area contributed by atoms with Crippen LogP contribution in [0.15, 0.2) is 22.9 Å². The Morgan fingerprint density at radius 3 is 2.81 bits per heavy atom. The molecule has 2 atom stereocenters. The Balaban J connectivity index is 1.68. The zero-order chi connectivity index (χ0) is 14.4. The molecule has 21 heavy (non-hydrogen) atoms. The highest BCUT2D eigenvalue weighted by Crippen LogP contribution is 2.42. The number of nitrogens with zero attached hydrogens (tertiary/aromatic N) is 3. The Hall–Kier alpha value is -1.68. The summed E-state index contributed by atoms with van der Waals surface area (Å²) < 4.78 is 5.25. The summed E-state index contributed by atoms with van der Waals surface area (Å²) in [6, 6.07) is 4.40. The zero-order valence-electron chi connectivity index (χ0n) is 12.7. The third-order valence-corrected chi connectivity index (χ3v) is 5.23. The minimum atomic E-state index is 0.350. The van der Waals surface area contributed by atoms with Gasteiger partial charge in [0.25, 0.3) is 0 Å². The van der Waals surface area contributed by atoms with Gasteiger partial charge in [-0.1, -0.05) is 11.2 Å². The fourth-order valence-corrected chi connectivity index (χ4v) is 4.08. The number of fused-ring (bicyclic) bond motifs is 2. The smallest absolute Gasteiger partial charge is 0.143 e. The first kappa shape index (κ1) is 13.0. The standard InChI is InChI=1S/C17H21N3O/c1-12-16(13(2)21-19-12)15-5-4-14(10-18-15)17-6-3-8-20(11-17)9-7-17/h4-5,10H,3,6-9,11H2,1-2H3. The fourth-order valence-electron chi connectivity index (χ4n) is 4.08. The van der Waals surface area contributed by atoms with Crippen molar-refractivity contribution >= 4 is 0 Å². The first-order valence-electron chi connectivity index (χ1n) is 7.80. The third-order valence-electron chi connectivity index (χ3n) is 5.23. The minimum Gasteiger partial charge on any atom is -0.361 e. The molecule has 2 bridgehead atoms. The molecule has 2 aromatic heterocycles. The lowest BCUT2D eigenvalue weighted by Crippen LogP contribution is -2.36. The molecule has 2 aromatic rings. The molecule has 0 spiro atoms. The molecule has 2 saturated heterocycles. The minimum absolute atomic E-state index is 0.350. The highest BCUT2D eigenvalue weighted by atomic mass is 16.5. The molecule has 2 aliphatic rings. The van der Waals surface area contributed by atoms with Crippen molar-refractivity contribution < 1.29 is 4.52 Å². The Labute approximate surface area is 125 Å². The van der Waals surface area contributed by atoms with Gasteiger partial charge in [0, 0.05) is 18.2 Å². The maximum Gasteiger partial charge on any atom is 0.143 e. The van der Waals surface area contributed by atoms with Gasteiger partial charge in [0.05, 0.1) is 17.0 Å². The molecular formula is C17H21N3O. The van der Waals surface area contributed by atoms with Gasteiger partial charge in [-0.15, -0.1) is 0 Å². The summed E-state index contributed by atoms with van der Waals surface area (Å²) in [5, 5.41) is 4.02. The molecule has 4 nitrogen and oxygen atoms in total. The van der Waals surface area contributed by atoms with Crippen molar-refractivity contribution in [3.8, 4) is 11.3 Å². The van der Waals surface area contributed by atoms with Crippen LogP contribution in [0.2, 0.25) is 0 Å². The molecule has 4 heterocycles. The highest BCUT2D eigenvalue weighted by Gasteiger charge is 2.42. The van der Waals surface area contributed by atoms with E-state index in [2.05, 4.69) is 28.4 Å². The quantitative estimate of drug-likeness (QED) is 0.849. The topological polar surface area (TPSA) is 42.2 Å². The summed E-state index contributed by atoms with van der Waals surface area (Å²) in [6.07, 6.45) is 5.97. The lowest BCUT2D eigenvalue weighted by Gasteiger charge is -2.34. The van der Waals surface area contributed by atoms with Gasteiger partial charge in [0.1, 0.15) is 5.76 Å². The summed E-state index contributed by atoms with van der Waals surface area (Å²) in [5.74, 6) is 0.843. The van der Waals surface area contributed by atoms with E-state index in [1.54, 1.807) is 0 Å². The van der Waals surface area contributed by atoms with Gasteiger partial charge in [0.15, 0.2) is 0 Å². The van der Waals surface area contributed by atoms with E-state index in [9.17, 15) is 0 Å². The highest BCUT2D eigenvalue weighted by molar-refractivity contribution is 5.63. The molecule has 0 radical (unpaired) electrons. The van der Waals surface area contributed by atoms with E-state index in [-0.39, 0.29) is 0 Å².